The van der Waals surface area contributed by atoms with E-state index in [1.807, 2.05) is 0 Å². The van der Waals surface area contributed by atoms with E-state index in [1.165, 1.54) is 5.69 Å². The first-order valence-corrected chi connectivity index (χ1v) is 7.39. The lowest BCUT2D eigenvalue weighted by Crippen LogP contribution is -2.63. The normalized spacial score (nSPS) is 21.5. The molecule has 0 amide bonds. The summed E-state index contributed by atoms with van der Waals surface area (Å²) < 4.78 is 5.54. The molecule has 20 heavy (non-hydrogen) atoms. The van der Waals surface area contributed by atoms with Crippen LogP contribution in [-0.2, 0) is 4.74 Å². The summed E-state index contributed by atoms with van der Waals surface area (Å²) in [5.74, 6) is 0. The molecule has 0 saturated carbocycles. The third-order valence-electron chi connectivity index (χ3n) is 4.77. The largest absolute Gasteiger partial charge is 0.380 e. The van der Waals surface area contributed by atoms with E-state index in [9.17, 15) is 0 Å². The van der Waals surface area contributed by atoms with E-state index in [2.05, 4.69) is 54.0 Å². The third kappa shape index (κ3) is 2.97. The van der Waals surface area contributed by atoms with Gasteiger partial charge >= 0.3 is 0 Å². The first-order valence-electron chi connectivity index (χ1n) is 7.39. The minimum atomic E-state index is -0.0858. The molecule has 0 bridgehead atoms. The van der Waals surface area contributed by atoms with Crippen LogP contribution in [0.5, 0.6) is 0 Å². The number of hydrogen-bond acceptors (Lipinski definition) is 4. The molecule has 1 saturated heterocycles. The molecule has 1 aromatic rings. The van der Waals surface area contributed by atoms with Gasteiger partial charge in [-0.3, -0.25) is 4.90 Å². The van der Waals surface area contributed by atoms with Crippen LogP contribution in [0.3, 0.4) is 0 Å². The summed E-state index contributed by atoms with van der Waals surface area (Å²) in [5.41, 5.74) is 7.25. The molecule has 2 atom stereocenters. The minimum Gasteiger partial charge on any atom is -0.380 e. The average Bonchev–Trinajstić information content (AvgIpc) is 2.54. The number of nitrogens with two attached hydrogens (primary N) is 1. The Balaban J connectivity index is 2.00. The quantitative estimate of drug-likeness (QED) is 0.887. The number of ether oxygens (including phenoxy) is 1. The Kier molecular flexibility index (Phi) is 5.02. The Labute approximate surface area is 122 Å². The van der Waals surface area contributed by atoms with Crippen molar-refractivity contribution in [3.05, 3.63) is 30.3 Å². The smallest absolute Gasteiger partial charge is 0.0736 e. The summed E-state index contributed by atoms with van der Waals surface area (Å²) in [6.07, 6.45) is 0.135. The second kappa shape index (κ2) is 6.57. The summed E-state index contributed by atoms with van der Waals surface area (Å²) in [5, 5.41) is 0. The van der Waals surface area contributed by atoms with Gasteiger partial charge in [0.05, 0.1) is 11.6 Å². The SMILES string of the molecule is COC(C)C(C)(CN)N1CCN(c2ccccc2)CC1. The van der Waals surface area contributed by atoms with Crippen molar-refractivity contribution in [1.29, 1.82) is 0 Å². The molecule has 0 spiro atoms. The van der Waals surface area contributed by atoms with Crippen LogP contribution in [0.4, 0.5) is 5.69 Å². The van der Waals surface area contributed by atoms with Gasteiger partial charge in [0.1, 0.15) is 0 Å². The van der Waals surface area contributed by atoms with Crippen molar-refractivity contribution < 1.29 is 4.74 Å². The zero-order valence-corrected chi connectivity index (χ0v) is 12.9. The number of nitrogens with zero attached hydrogens (tertiary/aromatic N) is 2. The lowest BCUT2D eigenvalue weighted by Gasteiger charge is -2.48. The fourth-order valence-corrected chi connectivity index (χ4v) is 2.92. The van der Waals surface area contributed by atoms with E-state index >= 15 is 0 Å². The van der Waals surface area contributed by atoms with Gasteiger partial charge in [-0.2, -0.15) is 0 Å². The maximum absolute atomic E-state index is 6.02. The van der Waals surface area contributed by atoms with Gasteiger partial charge in [0.15, 0.2) is 0 Å². The number of methoxy groups -OCH3 is 1. The highest BCUT2D eigenvalue weighted by atomic mass is 16.5. The molecular formula is C16H27N3O. The van der Waals surface area contributed by atoms with Gasteiger partial charge in [-0.05, 0) is 26.0 Å². The van der Waals surface area contributed by atoms with Crippen molar-refractivity contribution in [3.63, 3.8) is 0 Å². The van der Waals surface area contributed by atoms with E-state index in [0.29, 0.717) is 6.54 Å². The molecule has 0 aliphatic carbocycles. The van der Waals surface area contributed by atoms with Crippen LogP contribution < -0.4 is 10.6 Å². The van der Waals surface area contributed by atoms with E-state index in [4.69, 9.17) is 10.5 Å². The highest BCUT2D eigenvalue weighted by Crippen LogP contribution is 2.24. The summed E-state index contributed by atoms with van der Waals surface area (Å²) in [7, 11) is 1.76. The van der Waals surface area contributed by atoms with E-state index in [0.717, 1.165) is 26.2 Å². The van der Waals surface area contributed by atoms with Crippen molar-refractivity contribution in [2.24, 2.45) is 5.73 Å². The lowest BCUT2D eigenvalue weighted by molar-refractivity contribution is -0.0333. The first-order chi connectivity index (χ1) is 9.61. The van der Waals surface area contributed by atoms with E-state index < -0.39 is 0 Å². The van der Waals surface area contributed by atoms with Crippen molar-refractivity contribution in [2.75, 3.05) is 44.7 Å². The second-order valence-corrected chi connectivity index (χ2v) is 5.75. The van der Waals surface area contributed by atoms with Crippen molar-refractivity contribution in [1.82, 2.24) is 4.90 Å². The van der Waals surface area contributed by atoms with Crippen molar-refractivity contribution >= 4 is 5.69 Å². The molecule has 1 heterocycles. The Morgan fingerprint density at radius 3 is 2.30 bits per heavy atom. The molecule has 2 unspecified atom stereocenters. The molecule has 1 aliphatic heterocycles. The Morgan fingerprint density at radius 2 is 1.80 bits per heavy atom. The molecule has 1 aromatic carbocycles. The van der Waals surface area contributed by atoms with E-state index in [1.54, 1.807) is 7.11 Å². The predicted octanol–water partition coefficient (Wildman–Crippen LogP) is 1.56. The number of benzene rings is 1. The number of rotatable bonds is 5. The number of anilines is 1. The second-order valence-electron chi connectivity index (χ2n) is 5.75. The molecular weight excluding hydrogens is 250 g/mol. The summed E-state index contributed by atoms with van der Waals surface area (Å²) >= 11 is 0. The maximum Gasteiger partial charge on any atom is 0.0736 e. The van der Waals surface area contributed by atoms with Gasteiger partial charge < -0.3 is 15.4 Å². The summed E-state index contributed by atoms with van der Waals surface area (Å²) in [4.78, 5) is 4.91. The van der Waals surface area contributed by atoms with Gasteiger partial charge in [-0.15, -0.1) is 0 Å². The van der Waals surface area contributed by atoms with Crippen LogP contribution in [0.2, 0.25) is 0 Å². The Morgan fingerprint density at radius 1 is 1.20 bits per heavy atom. The first kappa shape index (κ1) is 15.3. The molecule has 2 N–H and O–H groups in total. The maximum atomic E-state index is 6.02. The molecule has 0 aromatic heterocycles. The molecule has 1 fully saturated rings. The topological polar surface area (TPSA) is 41.7 Å². The third-order valence-corrected chi connectivity index (χ3v) is 4.77. The van der Waals surface area contributed by atoms with Crippen molar-refractivity contribution in [2.45, 2.75) is 25.5 Å². The zero-order chi connectivity index (χ0) is 14.6. The molecule has 112 valence electrons. The summed E-state index contributed by atoms with van der Waals surface area (Å²) in [6, 6.07) is 10.6. The fraction of sp³-hybridized carbons (Fsp3) is 0.625. The minimum absolute atomic E-state index is 0.0858. The number of hydrogen-bond donors (Lipinski definition) is 1. The Hall–Kier alpha value is -1.10. The van der Waals surface area contributed by atoms with Gasteiger partial charge in [0.2, 0.25) is 0 Å². The van der Waals surface area contributed by atoms with Crippen LogP contribution in [0, 0.1) is 0 Å². The van der Waals surface area contributed by atoms with Crippen molar-refractivity contribution in [3.8, 4) is 0 Å². The monoisotopic (exact) mass is 277 g/mol. The standard InChI is InChI=1S/C16H27N3O/c1-14(20-3)16(2,13-17)19-11-9-18(10-12-19)15-7-5-4-6-8-15/h4-8,14H,9-13,17H2,1-3H3. The highest BCUT2D eigenvalue weighted by Gasteiger charge is 2.37. The predicted molar refractivity (Wildman–Crippen MR) is 84.2 cm³/mol. The summed E-state index contributed by atoms with van der Waals surface area (Å²) in [6.45, 7) is 9.06. The highest BCUT2D eigenvalue weighted by molar-refractivity contribution is 5.46. The van der Waals surface area contributed by atoms with Crippen LogP contribution in [0.1, 0.15) is 13.8 Å². The number of para-hydroxylation sites is 1. The van der Waals surface area contributed by atoms with Gasteiger partial charge in [0, 0.05) is 45.5 Å². The molecule has 4 nitrogen and oxygen atoms in total. The van der Waals surface area contributed by atoms with Gasteiger partial charge in [-0.1, -0.05) is 18.2 Å². The molecule has 0 radical (unpaired) electrons. The average molecular weight is 277 g/mol. The van der Waals surface area contributed by atoms with Crippen LogP contribution in [0.25, 0.3) is 0 Å². The van der Waals surface area contributed by atoms with Gasteiger partial charge in [-0.25, -0.2) is 0 Å². The molecule has 4 heteroatoms. The van der Waals surface area contributed by atoms with Crippen LogP contribution in [0.15, 0.2) is 30.3 Å². The Bertz CT molecular complexity index is 403. The lowest BCUT2D eigenvalue weighted by atomic mass is 9.92. The fourth-order valence-electron chi connectivity index (χ4n) is 2.92. The van der Waals surface area contributed by atoms with Crippen LogP contribution >= 0.6 is 0 Å². The molecule has 1 aliphatic rings. The zero-order valence-electron chi connectivity index (χ0n) is 12.9. The number of piperazine rings is 1. The van der Waals surface area contributed by atoms with Crippen LogP contribution in [-0.4, -0.2) is 56.4 Å². The molecule has 2 rings (SSSR count). The van der Waals surface area contributed by atoms with Gasteiger partial charge in [0.25, 0.3) is 0 Å². The van der Waals surface area contributed by atoms with E-state index in [-0.39, 0.29) is 11.6 Å².